The molecular weight excluding hydrogens is 288 g/mol. The van der Waals surface area contributed by atoms with E-state index >= 15 is 0 Å². The van der Waals surface area contributed by atoms with Crippen LogP contribution >= 0.6 is 11.3 Å². The van der Waals surface area contributed by atoms with Crippen LogP contribution in [-0.2, 0) is 16.0 Å². The fraction of sp³-hybridized carbons (Fsp3) is 0.600. The van der Waals surface area contributed by atoms with Crippen LogP contribution in [0.2, 0.25) is 0 Å². The lowest BCUT2D eigenvalue weighted by Gasteiger charge is -2.40. The van der Waals surface area contributed by atoms with Crippen LogP contribution in [0.1, 0.15) is 43.2 Å². The molecular formula is C15H22N2O3S. The molecule has 2 rings (SSSR count). The van der Waals surface area contributed by atoms with Crippen molar-refractivity contribution < 1.29 is 14.7 Å². The van der Waals surface area contributed by atoms with Crippen LogP contribution in [0, 0.1) is 5.41 Å². The van der Waals surface area contributed by atoms with Crippen LogP contribution in [-0.4, -0.2) is 35.0 Å². The van der Waals surface area contributed by atoms with Gasteiger partial charge in [0.25, 0.3) is 0 Å². The quantitative estimate of drug-likeness (QED) is 0.871. The van der Waals surface area contributed by atoms with Gasteiger partial charge in [-0.05, 0) is 36.3 Å². The van der Waals surface area contributed by atoms with E-state index in [9.17, 15) is 14.7 Å². The van der Waals surface area contributed by atoms with Gasteiger partial charge < -0.3 is 15.7 Å². The third-order valence-corrected chi connectivity index (χ3v) is 5.66. The van der Waals surface area contributed by atoms with E-state index in [1.807, 2.05) is 25.3 Å². The molecule has 5 nitrogen and oxygen atoms in total. The molecule has 6 heteroatoms. The molecule has 1 atom stereocenters. The number of amides is 1. The van der Waals surface area contributed by atoms with Crippen molar-refractivity contribution >= 4 is 23.2 Å². The van der Waals surface area contributed by atoms with Gasteiger partial charge in [0.15, 0.2) is 6.04 Å². The van der Waals surface area contributed by atoms with Gasteiger partial charge >= 0.3 is 5.97 Å². The monoisotopic (exact) mass is 310 g/mol. The first-order chi connectivity index (χ1) is 10.0. The number of thiophene rings is 1. The van der Waals surface area contributed by atoms with Crippen LogP contribution in [0.5, 0.6) is 0 Å². The lowest BCUT2D eigenvalue weighted by atomic mass is 9.80. The number of hydrogen-bond acceptors (Lipinski definition) is 4. The second-order valence-corrected chi connectivity index (χ2v) is 6.48. The Labute approximate surface area is 128 Å². The lowest BCUT2D eigenvalue weighted by molar-refractivity contribution is -0.156. The first-order valence-corrected chi connectivity index (χ1v) is 8.19. The van der Waals surface area contributed by atoms with Crippen LogP contribution < -0.4 is 5.73 Å². The number of nitrogens with two attached hydrogens (primary N) is 1. The summed E-state index contributed by atoms with van der Waals surface area (Å²) in [6, 6.07) is 0.941. The minimum atomic E-state index is -0.971. The summed E-state index contributed by atoms with van der Waals surface area (Å²) in [7, 11) is 0. The topological polar surface area (TPSA) is 83.6 Å². The van der Waals surface area contributed by atoms with Crippen molar-refractivity contribution in [3.05, 3.63) is 21.9 Å². The van der Waals surface area contributed by atoms with Crippen LogP contribution in [0.15, 0.2) is 11.4 Å². The lowest BCUT2D eigenvalue weighted by Crippen LogP contribution is -2.52. The zero-order chi connectivity index (χ0) is 15.6. The van der Waals surface area contributed by atoms with E-state index in [1.165, 1.54) is 4.90 Å². The highest BCUT2D eigenvalue weighted by atomic mass is 32.1. The Morgan fingerprint density at radius 3 is 2.67 bits per heavy atom. The summed E-state index contributed by atoms with van der Waals surface area (Å²) in [4.78, 5) is 27.2. The van der Waals surface area contributed by atoms with Gasteiger partial charge in [-0.15, -0.1) is 11.3 Å². The number of fused-ring (bicyclic) bond motifs is 1. The van der Waals surface area contributed by atoms with Crippen LogP contribution in [0.4, 0.5) is 0 Å². The SMILES string of the molecule is CCC(CC)(CN)C(=O)N1CCc2sccc2C1C(=O)O. The van der Waals surface area contributed by atoms with Gasteiger partial charge in [-0.25, -0.2) is 4.79 Å². The molecule has 0 spiro atoms. The Bertz CT molecular complexity index is 529. The van der Waals surface area contributed by atoms with Gasteiger partial charge in [-0.3, -0.25) is 4.79 Å². The number of hydrogen-bond donors (Lipinski definition) is 2. The van der Waals surface area contributed by atoms with Crippen molar-refractivity contribution in [2.24, 2.45) is 11.1 Å². The molecule has 0 saturated carbocycles. The summed E-state index contributed by atoms with van der Waals surface area (Å²) in [6.07, 6.45) is 1.97. The van der Waals surface area contributed by atoms with Gasteiger partial charge in [0, 0.05) is 18.0 Å². The average Bonchev–Trinajstić information content (AvgIpc) is 2.96. The molecule has 1 aliphatic rings. The first-order valence-electron chi connectivity index (χ1n) is 7.31. The molecule has 1 aliphatic heterocycles. The van der Waals surface area contributed by atoms with E-state index in [0.29, 0.717) is 19.4 Å². The maximum absolute atomic E-state index is 12.9. The van der Waals surface area contributed by atoms with Crippen molar-refractivity contribution in [1.82, 2.24) is 4.90 Å². The highest BCUT2D eigenvalue weighted by Gasteiger charge is 2.44. The maximum atomic E-state index is 12.9. The fourth-order valence-electron chi connectivity index (χ4n) is 3.03. The molecule has 2 heterocycles. The normalized spacial score (nSPS) is 18.4. The predicted molar refractivity (Wildman–Crippen MR) is 82.2 cm³/mol. The number of rotatable bonds is 5. The van der Waals surface area contributed by atoms with E-state index in [1.54, 1.807) is 11.3 Å². The predicted octanol–water partition coefficient (Wildman–Crippen LogP) is 2.02. The number of carbonyl (C=O) groups is 2. The molecule has 21 heavy (non-hydrogen) atoms. The molecule has 1 aromatic rings. The minimum absolute atomic E-state index is 0.126. The van der Waals surface area contributed by atoms with E-state index in [0.717, 1.165) is 16.9 Å². The van der Waals surface area contributed by atoms with Gasteiger partial charge in [0.1, 0.15) is 0 Å². The van der Waals surface area contributed by atoms with E-state index < -0.39 is 17.4 Å². The van der Waals surface area contributed by atoms with Crippen molar-refractivity contribution in [3.8, 4) is 0 Å². The summed E-state index contributed by atoms with van der Waals surface area (Å²) in [5.41, 5.74) is 5.94. The second kappa shape index (κ2) is 6.15. The number of carboxylic acid groups (broad SMARTS) is 1. The van der Waals surface area contributed by atoms with Gasteiger partial charge in [0.2, 0.25) is 5.91 Å². The minimum Gasteiger partial charge on any atom is -0.479 e. The number of nitrogens with zero attached hydrogens (tertiary/aromatic N) is 1. The molecule has 1 unspecified atom stereocenters. The number of carboxylic acids is 1. The standard InChI is InChI=1S/C15H22N2O3S/c1-3-15(4-2,9-16)14(20)17-7-5-11-10(6-8-21-11)12(17)13(18)19/h6,8,12H,3-5,7,9,16H2,1-2H3,(H,18,19). The first kappa shape index (κ1) is 16.0. The molecule has 0 radical (unpaired) electrons. The molecule has 0 aromatic carbocycles. The molecule has 1 amide bonds. The summed E-state index contributed by atoms with van der Waals surface area (Å²) in [5.74, 6) is -1.10. The largest absolute Gasteiger partial charge is 0.479 e. The van der Waals surface area contributed by atoms with E-state index in [-0.39, 0.29) is 12.5 Å². The summed E-state index contributed by atoms with van der Waals surface area (Å²) in [5, 5.41) is 11.5. The number of carbonyl (C=O) groups excluding carboxylic acids is 1. The van der Waals surface area contributed by atoms with Gasteiger partial charge in [0.05, 0.1) is 5.41 Å². The molecule has 0 saturated heterocycles. The molecule has 0 bridgehead atoms. The van der Waals surface area contributed by atoms with Crippen molar-refractivity contribution in [2.75, 3.05) is 13.1 Å². The summed E-state index contributed by atoms with van der Waals surface area (Å²) in [6.45, 7) is 4.57. The zero-order valence-electron chi connectivity index (χ0n) is 12.5. The van der Waals surface area contributed by atoms with Crippen molar-refractivity contribution in [1.29, 1.82) is 0 Å². The average molecular weight is 310 g/mol. The maximum Gasteiger partial charge on any atom is 0.331 e. The smallest absolute Gasteiger partial charge is 0.331 e. The third-order valence-electron chi connectivity index (χ3n) is 4.66. The number of aliphatic carboxylic acids is 1. The third kappa shape index (κ3) is 2.58. The highest BCUT2D eigenvalue weighted by Crippen LogP contribution is 2.37. The fourth-order valence-corrected chi connectivity index (χ4v) is 3.94. The Morgan fingerprint density at radius 1 is 1.48 bits per heavy atom. The van der Waals surface area contributed by atoms with E-state index in [2.05, 4.69) is 0 Å². The Hall–Kier alpha value is -1.40. The molecule has 1 aromatic heterocycles. The van der Waals surface area contributed by atoms with Crippen molar-refractivity contribution in [2.45, 2.75) is 39.2 Å². The molecule has 0 aliphatic carbocycles. The van der Waals surface area contributed by atoms with Crippen molar-refractivity contribution in [3.63, 3.8) is 0 Å². The Kier molecular flexibility index (Phi) is 4.68. The molecule has 3 N–H and O–H groups in total. The van der Waals surface area contributed by atoms with Gasteiger partial charge in [-0.1, -0.05) is 13.8 Å². The molecule has 116 valence electrons. The Morgan fingerprint density at radius 2 is 2.14 bits per heavy atom. The Balaban J connectivity index is 2.39. The second-order valence-electron chi connectivity index (χ2n) is 5.48. The highest BCUT2D eigenvalue weighted by molar-refractivity contribution is 7.10. The summed E-state index contributed by atoms with van der Waals surface area (Å²) < 4.78 is 0. The van der Waals surface area contributed by atoms with Gasteiger partial charge in [-0.2, -0.15) is 0 Å². The molecule has 0 fully saturated rings. The van der Waals surface area contributed by atoms with E-state index in [4.69, 9.17) is 5.73 Å². The van der Waals surface area contributed by atoms with Crippen LogP contribution in [0.25, 0.3) is 0 Å². The zero-order valence-corrected chi connectivity index (χ0v) is 13.3. The van der Waals surface area contributed by atoms with Crippen LogP contribution in [0.3, 0.4) is 0 Å². The summed E-state index contributed by atoms with van der Waals surface area (Å²) >= 11 is 1.56.